The topological polar surface area (TPSA) is 62.3 Å². The van der Waals surface area contributed by atoms with Crippen LogP contribution in [-0.4, -0.2) is 23.0 Å². The molecule has 1 N–H and O–H groups in total. The van der Waals surface area contributed by atoms with Gasteiger partial charge in [-0.15, -0.1) is 11.3 Å². The largest absolute Gasteiger partial charge is 0.331 e. The van der Waals surface area contributed by atoms with Gasteiger partial charge in [0, 0.05) is 22.5 Å². The molecular formula is C16H16ClN3O2S. The molecule has 2 heterocycles. The van der Waals surface area contributed by atoms with Gasteiger partial charge in [-0.3, -0.25) is 4.79 Å². The Hall–Kier alpha value is -1.92. The van der Waals surface area contributed by atoms with Crippen LogP contribution >= 0.6 is 22.9 Å². The van der Waals surface area contributed by atoms with Crippen molar-refractivity contribution < 1.29 is 9.59 Å². The number of carbonyl (C=O) groups excluding carboxylic acids is 2. The number of urea groups is 1. The first-order valence-electron chi connectivity index (χ1n) is 7.30. The molecule has 2 aromatic rings. The average molecular weight is 350 g/mol. The summed E-state index contributed by atoms with van der Waals surface area (Å²) in [6.07, 6.45) is 2.31. The minimum Gasteiger partial charge on any atom is -0.325 e. The van der Waals surface area contributed by atoms with Gasteiger partial charge in [0.05, 0.1) is 0 Å². The van der Waals surface area contributed by atoms with E-state index in [1.54, 1.807) is 6.20 Å². The first kappa shape index (κ1) is 16.0. The predicted octanol–water partition coefficient (Wildman–Crippen LogP) is 3.47. The monoisotopic (exact) mass is 349 g/mol. The summed E-state index contributed by atoms with van der Waals surface area (Å²) < 4.78 is 0. The maximum absolute atomic E-state index is 12.4. The number of anilines is 1. The van der Waals surface area contributed by atoms with Crippen molar-refractivity contribution in [2.24, 2.45) is 5.92 Å². The van der Waals surface area contributed by atoms with Crippen molar-refractivity contribution in [3.05, 3.63) is 45.9 Å². The first-order valence-corrected chi connectivity index (χ1v) is 8.49. The molecular weight excluding hydrogens is 334 g/mol. The van der Waals surface area contributed by atoms with E-state index >= 15 is 0 Å². The second kappa shape index (κ2) is 6.29. The lowest BCUT2D eigenvalue weighted by molar-refractivity contribution is -0.119. The van der Waals surface area contributed by atoms with Crippen molar-refractivity contribution in [3.8, 4) is 0 Å². The molecule has 1 aliphatic heterocycles. The van der Waals surface area contributed by atoms with E-state index < -0.39 is 12.1 Å². The molecule has 1 aliphatic rings. The van der Waals surface area contributed by atoms with Crippen molar-refractivity contribution in [1.29, 1.82) is 0 Å². The summed E-state index contributed by atoms with van der Waals surface area (Å²) in [5.74, 6) is -0.206. The van der Waals surface area contributed by atoms with Crippen molar-refractivity contribution in [2.45, 2.75) is 26.3 Å². The summed E-state index contributed by atoms with van der Waals surface area (Å²) in [5.41, 5.74) is 0.988. The van der Waals surface area contributed by atoms with Crippen molar-refractivity contribution >= 4 is 40.0 Å². The molecule has 0 aliphatic carbocycles. The molecule has 0 radical (unpaired) electrons. The van der Waals surface area contributed by atoms with E-state index in [0.29, 0.717) is 16.6 Å². The minimum absolute atomic E-state index is 0.0407. The molecule has 0 unspecified atom stereocenters. The Labute approximate surface area is 143 Å². The third-order valence-corrected chi connectivity index (χ3v) is 5.04. The van der Waals surface area contributed by atoms with Crippen LogP contribution in [0.2, 0.25) is 5.02 Å². The number of carbonyl (C=O) groups is 2. The van der Waals surface area contributed by atoms with Gasteiger partial charge in [0.25, 0.3) is 5.91 Å². The zero-order chi connectivity index (χ0) is 16.6. The van der Waals surface area contributed by atoms with Crippen LogP contribution in [-0.2, 0) is 11.2 Å². The highest BCUT2D eigenvalue weighted by Gasteiger charge is 2.41. The molecule has 3 amide bonds. The second-order valence-corrected chi connectivity index (χ2v) is 7.22. The van der Waals surface area contributed by atoms with Crippen molar-refractivity contribution in [2.75, 3.05) is 4.90 Å². The molecule has 1 fully saturated rings. The minimum atomic E-state index is -0.488. The smallest absolute Gasteiger partial charge is 0.325 e. The number of nitrogens with zero attached hydrogens (tertiary/aromatic N) is 2. The molecule has 3 rings (SSSR count). The summed E-state index contributed by atoms with van der Waals surface area (Å²) in [4.78, 5) is 30.7. The van der Waals surface area contributed by atoms with E-state index in [1.165, 1.54) is 11.3 Å². The molecule has 1 atom stereocenters. The Morgan fingerprint density at radius 2 is 2.09 bits per heavy atom. The number of nitrogens with one attached hydrogen (secondary N) is 1. The van der Waals surface area contributed by atoms with Gasteiger partial charge in [-0.2, -0.15) is 0 Å². The highest BCUT2D eigenvalue weighted by molar-refractivity contribution is 7.16. The van der Waals surface area contributed by atoms with Gasteiger partial charge >= 0.3 is 6.03 Å². The highest BCUT2D eigenvalue weighted by atomic mass is 35.5. The number of halogens is 1. The van der Waals surface area contributed by atoms with Crippen LogP contribution in [0, 0.1) is 5.92 Å². The van der Waals surface area contributed by atoms with E-state index in [4.69, 9.17) is 11.6 Å². The van der Waals surface area contributed by atoms with E-state index in [9.17, 15) is 9.59 Å². The lowest BCUT2D eigenvalue weighted by Crippen LogP contribution is -2.34. The number of imide groups is 1. The number of hydrogen-bond acceptors (Lipinski definition) is 4. The van der Waals surface area contributed by atoms with E-state index in [2.05, 4.69) is 10.3 Å². The SMILES string of the molecule is CC(C)[C@@H]1NC(=O)N(c2ncc(Cc3ccccc3Cl)s2)C1=O. The van der Waals surface area contributed by atoms with Crippen molar-refractivity contribution in [3.63, 3.8) is 0 Å². The van der Waals surface area contributed by atoms with Crippen LogP contribution in [0.3, 0.4) is 0 Å². The van der Waals surface area contributed by atoms with Crippen LogP contribution in [0.15, 0.2) is 30.5 Å². The molecule has 1 saturated heterocycles. The van der Waals surface area contributed by atoms with Gasteiger partial charge < -0.3 is 5.32 Å². The molecule has 0 spiro atoms. The molecule has 1 aromatic heterocycles. The number of benzene rings is 1. The number of thiazole rings is 1. The molecule has 0 saturated carbocycles. The summed E-state index contributed by atoms with van der Waals surface area (Å²) >= 11 is 7.49. The summed E-state index contributed by atoms with van der Waals surface area (Å²) in [5, 5.41) is 3.80. The number of hydrogen-bond donors (Lipinski definition) is 1. The number of rotatable bonds is 4. The Morgan fingerprint density at radius 1 is 1.35 bits per heavy atom. The Balaban J connectivity index is 1.81. The molecule has 5 nitrogen and oxygen atoms in total. The van der Waals surface area contributed by atoms with E-state index in [1.807, 2.05) is 38.1 Å². The van der Waals surface area contributed by atoms with E-state index in [0.717, 1.165) is 15.3 Å². The quantitative estimate of drug-likeness (QED) is 0.860. The van der Waals surface area contributed by atoms with Crippen molar-refractivity contribution in [1.82, 2.24) is 10.3 Å². The van der Waals surface area contributed by atoms with Gasteiger partial charge in [0.1, 0.15) is 6.04 Å². The van der Waals surface area contributed by atoms with Crippen LogP contribution in [0.5, 0.6) is 0 Å². The first-order chi connectivity index (χ1) is 11.0. The predicted molar refractivity (Wildman–Crippen MR) is 91.0 cm³/mol. The Morgan fingerprint density at radius 3 is 2.74 bits per heavy atom. The van der Waals surface area contributed by atoms with Crippen LogP contribution < -0.4 is 10.2 Å². The molecule has 120 valence electrons. The van der Waals surface area contributed by atoms with Crippen LogP contribution in [0.4, 0.5) is 9.93 Å². The standard InChI is InChI=1S/C16H16ClN3O2S/c1-9(2)13-14(21)20(15(22)19-13)16-18-8-11(23-16)7-10-5-3-4-6-12(10)17/h3-6,8-9,13H,7H2,1-2H3,(H,19,22)/t13-/m0/s1. The molecule has 23 heavy (non-hydrogen) atoms. The van der Waals surface area contributed by atoms with E-state index in [-0.39, 0.29) is 11.8 Å². The fraction of sp³-hybridized carbons (Fsp3) is 0.312. The third kappa shape index (κ3) is 3.09. The summed E-state index contributed by atoms with van der Waals surface area (Å²) in [7, 11) is 0. The zero-order valence-electron chi connectivity index (χ0n) is 12.7. The fourth-order valence-corrected chi connectivity index (χ4v) is 3.58. The Kier molecular flexibility index (Phi) is 4.37. The lowest BCUT2D eigenvalue weighted by Gasteiger charge is -2.11. The Bertz CT molecular complexity index is 759. The lowest BCUT2D eigenvalue weighted by atomic mass is 10.1. The maximum Gasteiger partial charge on any atom is 0.331 e. The summed E-state index contributed by atoms with van der Waals surface area (Å²) in [6.45, 7) is 3.80. The number of amides is 3. The second-order valence-electron chi connectivity index (χ2n) is 5.72. The highest BCUT2D eigenvalue weighted by Crippen LogP contribution is 2.29. The normalized spacial score (nSPS) is 17.9. The summed E-state index contributed by atoms with van der Waals surface area (Å²) in [6, 6.07) is 6.69. The van der Waals surface area contributed by atoms with Crippen LogP contribution in [0.1, 0.15) is 24.3 Å². The van der Waals surface area contributed by atoms with Crippen LogP contribution in [0.25, 0.3) is 0 Å². The van der Waals surface area contributed by atoms with Gasteiger partial charge in [0.15, 0.2) is 0 Å². The molecule has 0 bridgehead atoms. The average Bonchev–Trinajstić information content (AvgIpc) is 3.06. The van der Waals surface area contributed by atoms with Gasteiger partial charge in [-0.25, -0.2) is 14.7 Å². The fourth-order valence-electron chi connectivity index (χ4n) is 2.44. The maximum atomic E-state index is 12.4. The van der Waals surface area contributed by atoms with Gasteiger partial charge in [-0.1, -0.05) is 43.6 Å². The zero-order valence-corrected chi connectivity index (χ0v) is 14.3. The third-order valence-electron chi connectivity index (χ3n) is 3.69. The van der Waals surface area contributed by atoms with Gasteiger partial charge in [-0.05, 0) is 17.5 Å². The molecule has 7 heteroatoms. The van der Waals surface area contributed by atoms with Gasteiger partial charge in [0.2, 0.25) is 5.13 Å². The molecule has 1 aromatic carbocycles. The number of aromatic nitrogens is 1.